The summed E-state index contributed by atoms with van der Waals surface area (Å²) in [6.07, 6.45) is 5.75. The molecule has 0 radical (unpaired) electrons. The Kier molecular flexibility index (Phi) is 7.13. The topological polar surface area (TPSA) is 80.0 Å². The lowest BCUT2D eigenvalue weighted by molar-refractivity contribution is -0.126. The minimum absolute atomic E-state index is 0.00468. The van der Waals surface area contributed by atoms with Crippen molar-refractivity contribution in [3.8, 4) is 17.2 Å². The van der Waals surface area contributed by atoms with Crippen LogP contribution < -0.4 is 10.2 Å². The Bertz CT molecular complexity index is 1190. The molecular weight excluding hydrogens is 440 g/mol. The zero-order valence-corrected chi connectivity index (χ0v) is 20.6. The van der Waals surface area contributed by atoms with Crippen LogP contribution in [0.4, 0.5) is 0 Å². The molecule has 7 heteroatoms. The molecule has 1 saturated heterocycles. The fourth-order valence-corrected chi connectivity index (χ4v) is 5.11. The number of benzene rings is 2. The highest BCUT2D eigenvalue weighted by atomic mass is 16.5. The summed E-state index contributed by atoms with van der Waals surface area (Å²) in [6.45, 7) is 8.21. The van der Waals surface area contributed by atoms with Crippen molar-refractivity contribution in [3.05, 3.63) is 48.0 Å². The van der Waals surface area contributed by atoms with E-state index in [4.69, 9.17) is 9.15 Å². The second-order valence-corrected chi connectivity index (χ2v) is 9.63. The summed E-state index contributed by atoms with van der Waals surface area (Å²) in [5.74, 6) is 1.43. The van der Waals surface area contributed by atoms with Crippen LogP contribution in [-0.4, -0.2) is 47.7 Å². The Morgan fingerprint density at radius 1 is 1.09 bits per heavy atom. The molecule has 1 amide bonds. The normalized spacial score (nSPS) is 21.1. The van der Waals surface area contributed by atoms with Crippen LogP contribution in [-0.2, 0) is 4.79 Å². The van der Waals surface area contributed by atoms with Crippen molar-refractivity contribution in [2.24, 2.45) is 16.9 Å². The predicted molar refractivity (Wildman–Crippen MR) is 137 cm³/mol. The molecule has 7 nitrogen and oxygen atoms in total. The van der Waals surface area contributed by atoms with Crippen molar-refractivity contribution in [2.75, 3.05) is 26.2 Å². The van der Waals surface area contributed by atoms with E-state index in [2.05, 4.69) is 34.3 Å². The molecule has 0 aliphatic carbocycles. The standard InChI is InChI=1S/C28H34N4O3/c1-3-7-23-19(2)26(30-31-27(23)33)21-10-13-24-25(18-21)35-28(29-24)20-8-11-22(12-9-20)34-17-16-32-14-5-4-6-15-32/h8-13,18-19,23H,3-7,14-17H2,1-2H3,(H,31,33)/t19-,23-/m1/s1. The first kappa shape index (κ1) is 23.5. The number of carbonyl (C=O) groups excluding carboxylic acids is 1. The van der Waals surface area contributed by atoms with E-state index in [-0.39, 0.29) is 17.7 Å². The Hall–Kier alpha value is -3.19. The molecule has 2 aliphatic rings. The van der Waals surface area contributed by atoms with E-state index >= 15 is 0 Å². The molecule has 5 rings (SSSR count). The molecule has 0 bridgehead atoms. The van der Waals surface area contributed by atoms with Crippen molar-refractivity contribution in [3.63, 3.8) is 0 Å². The first-order valence-electron chi connectivity index (χ1n) is 12.9. The average Bonchev–Trinajstić information content (AvgIpc) is 3.31. The number of nitrogens with zero attached hydrogens (tertiary/aromatic N) is 3. The first-order valence-corrected chi connectivity index (χ1v) is 12.9. The third kappa shape index (κ3) is 5.25. The van der Waals surface area contributed by atoms with Gasteiger partial charge in [0.2, 0.25) is 11.8 Å². The molecule has 1 aromatic heterocycles. The molecule has 35 heavy (non-hydrogen) atoms. The summed E-state index contributed by atoms with van der Waals surface area (Å²) < 4.78 is 12.1. The minimum Gasteiger partial charge on any atom is -0.492 e. The number of likely N-dealkylation sites (tertiary alicyclic amines) is 1. The number of piperidine rings is 1. The minimum atomic E-state index is -0.0610. The second kappa shape index (κ2) is 10.6. The van der Waals surface area contributed by atoms with Crippen LogP contribution >= 0.6 is 0 Å². The van der Waals surface area contributed by atoms with Crippen LogP contribution in [0, 0.1) is 11.8 Å². The Labute approximate surface area is 206 Å². The Morgan fingerprint density at radius 3 is 2.63 bits per heavy atom. The van der Waals surface area contributed by atoms with Crippen LogP contribution in [0.3, 0.4) is 0 Å². The van der Waals surface area contributed by atoms with Gasteiger partial charge in [0.15, 0.2) is 5.58 Å². The summed E-state index contributed by atoms with van der Waals surface area (Å²) >= 11 is 0. The second-order valence-electron chi connectivity index (χ2n) is 9.63. The monoisotopic (exact) mass is 474 g/mol. The van der Waals surface area contributed by atoms with E-state index in [1.54, 1.807) is 0 Å². The molecule has 0 saturated carbocycles. The number of fused-ring (bicyclic) bond motifs is 1. The van der Waals surface area contributed by atoms with Gasteiger partial charge in [-0.2, -0.15) is 5.10 Å². The third-order valence-corrected chi connectivity index (χ3v) is 7.17. The van der Waals surface area contributed by atoms with E-state index < -0.39 is 0 Å². The molecule has 1 fully saturated rings. The van der Waals surface area contributed by atoms with E-state index in [1.807, 2.05) is 42.5 Å². The van der Waals surface area contributed by atoms with Crippen molar-refractivity contribution < 1.29 is 13.9 Å². The van der Waals surface area contributed by atoms with Crippen LogP contribution in [0.25, 0.3) is 22.6 Å². The lowest BCUT2D eigenvalue weighted by Gasteiger charge is -2.27. The largest absolute Gasteiger partial charge is 0.492 e. The van der Waals surface area contributed by atoms with Gasteiger partial charge in [-0.1, -0.05) is 32.8 Å². The first-order chi connectivity index (χ1) is 17.1. The maximum atomic E-state index is 12.2. The number of hydrogen-bond acceptors (Lipinski definition) is 6. The van der Waals surface area contributed by atoms with Crippen LogP contribution in [0.1, 0.15) is 51.5 Å². The fourth-order valence-electron chi connectivity index (χ4n) is 5.11. The Morgan fingerprint density at radius 2 is 1.86 bits per heavy atom. The van der Waals surface area contributed by atoms with Crippen molar-refractivity contribution >= 4 is 22.7 Å². The van der Waals surface area contributed by atoms with Crippen molar-refractivity contribution in [2.45, 2.75) is 46.0 Å². The van der Waals surface area contributed by atoms with Gasteiger partial charge in [0.05, 0.1) is 5.71 Å². The maximum Gasteiger partial charge on any atom is 0.243 e. The number of hydrazone groups is 1. The molecule has 0 spiro atoms. The summed E-state index contributed by atoms with van der Waals surface area (Å²) in [5, 5.41) is 4.37. The van der Waals surface area contributed by atoms with Gasteiger partial charge < -0.3 is 9.15 Å². The van der Waals surface area contributed by atoms with E-state index in [0.717, 1.165) is 47.5 Å². The number of hydrogen-bond donors (Lipinski definition) is 1. The zero-order valence-electron chi connectivity index (χ0n) is 20.6. The fraction of sp³-hybridized carbons (Fsp3) is 0.464. The number of ether oxygens (including phenoxy) is 1. The van der Waals surface area contributed by atoms with E-state index in [1.165, 1.54) is 32.4 Å². The zero-order chi connectivity index (χ0) is 24.2. The predicted octanol–water partition coefficient (Wildman–Crippen LogP) is 5.25. The quantitative estimate of drug-likeness (QED) is 0.483. The highest BCUT2D eigenvalue weighted by Crippen LogP contribution is 2.30. The van der Waals surface area contributed by atoms with Crippen LogP contribution in [0.15, 0.2) is 52.0 Å². The average molecular weight is 475 g/mol. The molecule has 1 N–H and O–H groups in total. The summed E-state index contributed by atoms with van der Waals surface area (Å²) in [7, 11) is 0. The number of oxazole rings is 1. The summed E-state index contributed by atoms with van der Waals surface area (Å²) in [4.78, 5) is 19.4. The lowest BCUT2D eigenvalue weighted by atomic mass is 9.82. The molecule has 2 aromatic carbocycles. The molecule has 0 unspecified atom stereocenters. The van der Waals surface area contributed by atoms with Gasteiger partial charge >= 0.3 is 0 Å². The lowest BCUT2D eigenvalue weighted by Crippen LogP contribution is -2.40. The van der Waals surface area contributed by atoms with Gasteiger partial charge in [0.1, 0.15) is 17.9 Å². The SMILES string of the molecule is CCC[C@H]1C(=O)NN=C(c2ccc3nc(-c4ccc(OCCN5CCCCC5)cc4)oc3c2)[C@@H]1C. The van der Waals surface area contributed by atoms with Crippen LogP contribution in [0.5, 0.6) is 5.75 Å². The van der Waals surface area contributed by atoms with Gasteiger partial charge in [-0.25, -0.2) is 10.4 Å². The van der Waals surface area contributed by atoms with Gasteiger partial charge in [-0.05, 0) is 68.8 Å². The smallest absolute Gasteiger partial charge is 0.243 e. The number of rotatable bonds is 8. The van der Waals surface area contributed by atoms with Crippen LogP contribution in [0.2, 0.25) is 0 Å². The van der Waals surface area contributed by atoms with Crippen molar-refractivity contribution in [1.82, 2.24) is 15.3 Å². The number of nitrogens with one attached hydrogen (secondary N) is 1. The highest BCUT2D eigenvalue weighted by molar-refractivity contribution is 6.07. The molecule has 2 atom stereocenters. The summed E-state index contributed by atoms with van der Waals surface area (Å²) in [6, 6.07) is 13.8. The van der Waals surface area contributed by atoms with Gasteiger partial charge in [0, 0.05) is 29.5 Å². The molecule has 3 heterocycles. The molecular formula is C28H34N4O3. The number of carbonyl (C=O) groups is 1. The number of amides is 1. The van der Waals surface area contributed by atoms with Gasteiger partial charge in [-0.15, -0.1) is 0 Å². The van der Waals surface area contributed by atoms with E-state index in [9.17, 15) is 4.79 Å². The number of aromatic nitrogens is 1. The summed E-state index contributed by atoms with van der Waals surface area (Å²) in [5.41, 5.74) is 6.94. The maximum absolute atomic E-state index is 12.2. The highest BCUT2D eigenvalue weighted by Gasteiger charge is 2.32. The molecule has 2 aliphatic heterocycles. The molecule has 184 valence electrons. The molecule has 3 aromatic rings. The van der Waals surface area contributed by atoms with Crippen molar-refractivity contribution in [1.29, 1.82) is 0 Å². The van der Waals surface area contributed by atoms with Gasteiger partial charge in [0.25, 0.3) is 0 Å². The third-order valence-electron chi connectivity index (χ3n) is 7.17. The Balaban J connectivity index is 1.27. The van der Waals surface area contributed by atoms with Gasteiger partial charge in [-0.3, -0.25) is 9.69 Å². The van der Waals surface area contributed by atoms with E-state index in [0.29, 0.717) is 18.1 Å².